The standard InChI is InChI=1S/C16H23N3O/c1-11-6-4-3-5-7-14(11)19-15-9-8-12(20-2)10-13(15)18-16(19)17/h8-11,14H,3-7H2,1-2H3,(H2,17,18). The van der Waals surface area contributed by atoms with Crippen LogP contribution in [0.5, 0.6) is 5.75 Å². The third-order valence-electron chi connectivity index (χ3n) is 4.57. The Morgan fingerprint density at radius 3 is 2.85 bits per heavy atom. The third kappa shape index (κ3) is 2.23. The zero-order valence-corrected chi connectivity index (χ0v) is 12.3. The molecule has 2 atom stereocenters. The molecule has 0 aliphatic heterocycles. The summed E-state index contributed by atoms with van der Waals surface area (Å²) in [4.78, 5) is 4.52. The van der Waals surface area contributed by atoms with E-state index in [0.29, 0.717) is 17.9 Å². The molecule has 4 nitrogen and oxygen atoms in total. The molecule has 0 spiro atoms. The molecule has 2 unspecified atom stereocenters. The molecule has 1 heterocycles. The normalized spacial score (nSPS) is 23.7. The number of nitrogens with two attached hydrogens (primary N) is 1. The summed E-state index contributed by atoms with van der Waals surface area (Å²) in [5.74, 6) is 2.11. The fourth-order valence-corrected chi connectivity index (χ4v) is 3.43. The lowest BCUT2D eigenvalue weighted by Gasteiger charge is -2.24. The molecule has 0 radical (unpaired) electrons. The van der Waals surface area contributed by atoms with E-state index in [4.69, 9.17) is 10.5 Å². The summed E-state index contributed by atoms with van der Waals surface area (Å²) < 4.78 is 7.51. The fourth-order valence-electron chi connectivity index (χ4n) is 3.43. The number of hydrogen-bond donors (Lipinski definition) is 1. The molecule has 1 fully saturated rings. The van der Waals surface area contributed by atoms with Crippen molar-refractivity contribution in [2.24, 2.45) is 5.92 Å². The Morgan fingerprint density at radius 2 is 2.05 bits per heavy atom. The van der Waals surface area contributed by atoms with Crippen molar-refractivity contribution in [1.82, 2.24) is 9.55 Å². The Balaban J connectivity index is 2.07. The summed E-state index contributed by atoms with van der Waals surface area (Å²) in [6.07, 6.45) is 6.42. The first-order valence-corrected chi connectivity index (χ1v) is 7.52. The van der Waals surface area contributed by atoms with Crippen molar-refractivity contribution in [3.8, 4) is 5.75 Å². The minimum Gasteiger partial charge on any atom is -0.497 e. The van der Waals surface area contributed by atoms with Crippen LogP contribution in [0.2, 0.25) is 0 Å². The molecule has 20 heavy (non-hydrogen) atoms. The van der Waals surface area contributed by atoms with Crippen LogP contribution in [0.3, 0.4) is 0 Å². The van der Waals surface area contributed by atoms with Gasteiger partial charge in [-0.05, 0) is 30.9 Å². The van der Waals surface area contributed by atoms with Gasteiger partial charge < -0.3 is 15.0 Å². The molecule has 1 saturated carbocycles. The van der Waals surface area contributed by atoms with Crippen molar-refractivity contribution < 1.29 is 4.74 Å². The molecule has 1 aliphatic carbocycles. The maximum absolute atomic E-state index is 6.20. The van der Waals surface area contributed by atoms with Crippen LogP contribution in [0.1, 0.15) is 45.1 Å². The molecule has 3 rings (SSSR count). The van der Waals surface area contributed by atoms with E-state index in [0.717, 1.165) is 16.8 Å². The van der Waals surface area contributed by atoms with E-state index >= 15 is 0 Å². The Morgan fingerprint density at radius 1 is 1.25 bits per heavy atom. The molecule has 0 amide bonds. The van der Waals surface area contributed by atoms with Gasteiger partial charge in [0.15, 0.2) is 0 Å². The zero-order valence-electron chi connectivity index (χ0n) is 12.3. The maximum atomic E-state index is 6.20. The van der Waals surface area contributed by atoms with Crippen molar-refractivity contribution in [2.75, 3.05) is 12.8 Å². The lowest BCUT2D eigenvalue weighted by Crippen LogP contribution is -2.18. The Labute approximate surface area is 119 Å². The van der Waals surface area contributed by atoms with E-state index in [1.807, 2.05) is 12.1 Å². The van der Waals surface area contributed by atoms with E-state index in [1.54, 1.807) is 7.11 Å². The van der Waals surface area contributed by atoms with Gasteiger partial charge in [-0.25, -0.2) is 4.98 Å². The number of hydrogen-bond acceptors (Lipinski definition) is 3. The van der Waals surface area contributed by atoms with Gasteiger partial charge in [0.2, 0.25) is 5.95 Å². The first-order valence-electron chi connectivity index (χ1n) is 7.52. The second-order valence-corrected chi connectivity index (χ2v) is 5.88. The summed E-state index contributed by atoms with van der Waals surface area (Å²) in [5, 5.41) is 0. The van der Waals surface area contributed by atoms with Gasteiger partial charge in [-0.15, -0.1) is 0 Å². The molecule has 2 N–H and O–H groups in total. The molecule has 0 bridgehead atoms. The highest BCUT2D eigenvalue weighted by Crippen LogP contribution is 2.36. The first-order chi connectivity index (χ1) is 9.70. The third-order valence-corrected chi connectivity index (χ3v) is 4.57. The molecule has 1 aliphatic rings. The summed E-state index contributed by atoms with van der Waals surface area (Å²) in [6.45, 7) is 2.34. The quantitative estimate of drug-likeness (QED) is 0.847. The highest BCUT2D eigenvalue weighted by Gasteiger charge is 2.25. The van der Waals surface area contributed by atoms with Crippen molar-refractivity contribution in [1.29, 1.82) is 0 Å². The van der Waals surface area contributed by atoms with E-state index in [1.165, 1.54) is 32.1 Å². The summed E-state index contributed by atoms with van der Waals surface area (Å²) in [6, 6.07) is 6.50. The lowest BCUT2D eigenvalue weighted by molar-refractivity contribution is 0.344. The Kier molecular flexibility index (Phi) is 3.55. The minimum absolute atomic E-state index is 0.468. The molecule has 4 heteroatoms. The van der Waals surface area contributed by atoms with Gasteiger partial charge in [0.1, 0.15) is 5.75 Å². The number of nitrogen functional groups attached to an aromatic ring is 1. The average molecular weight is 273 g/mol. The molecule has 2 aromatic rings. The number of imidazole rings is 1. The van der Waals surface area contributed by atoms with Gasteiger partial charge in [-0.3, -0.25) is 0 Å². The van der Waals surface area contributed by atoms with Crippen LogP contribution in [0.25, 0.3) is 11.0 Å². The van der Waals surface area contributed by atoms with Gasteiger partial charge in [-0.1, -0.05) is 26.2 Å². The summed E-state index contributed by atoms with van der Waals surface area (Å²) in [7, 11) is 1.68. The second-order valence-electron chi connectivity index (χ2n) is 5.88. The fraction of sp³-hybridized carbons (Fsp3) is 0.562. The second kappa shape index (κ2) is 5.35. The highest BCUT2D eigenvalue weighted by molar-refractivity contribution is 5.80. The molecule has 0 saturated heterocycles. The van der Waals surface area contributed by atoms with Gasteiger partial charge in [0, 0.05) is 12.1 Å². The number of benzene rings is 1. The van der Waals surface area contributed by atoms with E-state index < -0.39 is 0 Å². The van der Waals surface area contributed by atoms with Gasteiger partial charge in [0.05, 0.1) is 18.1 Å². The van der Waals surface area contributed by atoms with Crippen molar-refractivity contribution >= 4 is 17.0 Å². The highest BCUT2D eigenvalue weighted by atomic mass is 16.5. The number of rotatable bonds is 2. The smallest absolute Gasteiger partial charge is 0.201 e. The van der Waals surface area contributed by atoms with Crippen LogP contribution >= 0.6 is 0 Å². The van der Waals surface area contributed by atoms with Crippen molar-refractivity contribution in [2.45, 2.75) is 45.1 Å². The number of aromatic nitrogens is 2. The van der Waals surface area contributed by atoms with E-state index in [-0.39, 0.29) is 0 Å². The Bertz CT molecular complexity index is 605. The van der Waals surface area contributed by atoms with Crippen molar-refractivity contribution in [3.05, 3.63) is 18.2 Å². The SMILES string of the molecule is COc1ccc2c(c1)nc(N)n2C1CCCCCC1C. The molecule has 1 aromatic carbocycles. The van der Waals surface area contributed by atoms with E-state index in [9.17, 15) is 0 Å². The topological polar surface area (TPSA) is 53.1 Å². The molecular weight excluding hydrogens is 250 g/mol. The molecule has 108 valence electrons. The average Bonchev–Trinajstić information content (AvgIpc) is 2.62. The molecular formula is C16H23N3O. The number of methoxy groups -OCH3 is 1. The Hall–Kier alpha value is -1.71. The van der Waals surface area contributed by atoms with Crippen LogP contribution < -0.4 is 10.5 Å². The van der Waals surface area contributed by atoms with Gasteiger partial charge >= 0.3 is 0 Å². The van der Waals surface area contributed by atoms with Crippen LogP contribution in [0, 0.1) is 5.92 Å². The van der Waals surface area contributed by atoms with Gasteiger partial charge in [-0.2, -0.15) is 0 Å². The monoisotopic (exact) mass is 273 g/mol. The largest absolute Gasteiger partial charge is 0.497 e. The zero-order chi connectivity index (χ0) is 14.1. The van der Waals surface area contributed by atoms with Crippen LogP contribution in [0.15, 0.2) is 18.2 Å². The van der Waals surface area contributed by atoms with E-state index in [2.05, 4.69) is 22.5 Å². The maximum Gasteiger partial charge on any atom is 0.201 e. The van der Waals surface area contributed by atoms with Crippen molar-refractivity contribution in [3.63, 3.8) is 0 Å². The number of ether oxygens (including phenoxy) is 1. The van der Waals surface area contributed by atoms with Crippen LogP contribution in [-0.2, 0) is 0 Å². The lowest BCUT2D eigenvalue weighted by atomic mass is 9.96. The minimum atomic E-state index is 0.468. The number of anilines is 1. The molecule has 1 aromatic heterocycles. The summed E-state index contributed by atoms with van der Waals surface area (Å²) in [5.41, 5.74) is 8.26. The summed E-state index contributed by atoms with van der Waals surface area (Å²) >= 11 is 0. The van der Waals surface area contributed by atoms with Crippen LogP contribution in [-0.4, -0.2) is 16.7 Å². The van der Waals surface area contributed by atoms with Gasteiger partial charge in [0.25, 0.3) is 0 Å². The predicted octanol–water partition coefficient (Wildman–Crippen LogP) is 3.77. The number of fused-ring (bicyclic) bond motifs is 1. The predicted molar refractivity (Wildman–Crippen MR) is 82.0 cm³/mol. The first kappa shape index (κ1) is 13.3. The number of nitrogens with zero attached hydrogens (tertiary/aromatic N) is 2. The van der Waals surface area contributed by atoms with Crippen LogP contribution in [0.4, 0.5) is 5.95 Å².